The number of hydrogen-bond donors (Lipinski definition) is 3. The number of benzene rings is 1. The average Bonchev–Trinajstić information content (AvgIpc) is 3.50. The number of nitrogens with zero attached hydrogens (tertiary/aromatic N) is 2. The van der Waals surface area contributed by atoms with Crippen molar-refractivity contribution in [3.63, 3.8) is 0 Å². The highest BCUT2D eigenvalue weighted by Crippen LogP contribution is 2.38. The molecular weight excluding hydrogens is 512 g/mol. The molecule has 1 aliphatic carbocycles. The van der Waals surface area contributed by atoms with Gasteiger partial charge < -0.3 is 10.4 Å². The van der Waals surface area contributed by atoms with Crippen LogP contribution in [0.1, 0.15) is 57.4 Å². The number of nitrogens with one attached hydrogen (secondary N) is 1. The largest absolute Gasteiger partial charge is 0.393 e. The molecule has 0 amide bonds. The van der Waals surface area contributed by atoms with Crippen LogP contribution in [0, 0.1) is 11.8 Å². The van der Waals surface area contributed by atoms with Crippen LogP contribution in [0.2, 0.25) is 0 Å². The van der Waals surface area contributed by atoms with Gasteiger partial charge in [-0.15, -0.1) is 11.3 Å². The molecule has 0 bridgehead atoms. The molecule has 3 aromatic rings. The number of carbonyl (C=O) groups excluding carboxylic acids is 1. The summed E-state index contributed by atoms with van der Waals surface area (Å²) in [6, 6.07) is 10.4. The number of fused-ring (bicyclic) bond motifs is 1. The van der Waals surface area contributed by atoms with Gasteiger partial charge in [0.15, 0.2) is 0 Å². The topological polar surface area (TPSA) is 144 Å². The van der Waals surface area contributed by atoms with Gasteiger partial charge in [0.05, 0.1) is 34.4 Å². The molecule has 3 heterocycles. The van der Waals surface area contributed by atoms with Crippen LogP contribution in [0.4, 0.5) is 0 Å². The molecule has 2 aromatic heterocycles. The zero-order chi connectivity index (χ0) is 26.2. The molecule has 9 nitrogen and oxygen atoms in total. The molecule has 196 valence electrons. The number of aliphatic hydroxyl groups is 1. The van der Waals surface area contributed by atoms with E-state index in [1.54, 1.807) is 6.20 Å². The van der Waals surface area contributed by atoms with Crippen molar-refractivity contribution in [1.29, 1.82) is 0 Å². The lowest BCUT2D eigenvalue weighted by Crippen LogP contribution is -2.45. The number of aromatic nitrogens is 2. The first-order valence-corrected chi connectivity index (χ1v) is 14.6. The van der Waals surface area contributed by atoms with E-state index in [1.165, 1.54) is 28.8 Å². The summed E-state index contributed by atoms with van der Waals surface area (Å²) < 4.78 is 26.9. The number of aliphatic hydroxyl groups excluding tert-OH is 1. The van der Waals surface area contributed by atoms with Gasteiger partial charge in [0.25, 0.3) is 0 Å². The van der Waals surface area contributed by atoms with E-state index in [4.69, 9.17) is 9.32 Å². The first-order chi connectivity index (χ1) is 17.6. The number of rotatable bonds is 8. The molecule has 1 aliphatic heterocycles. The van der Waals surface area contributed by atoms with Crippen molar-refractivity contribution < 1.29 is 22.5 Å². The van der Waals surface area contributed by atoms with E-state index in [0.717, 1.165) is 18.5 Å². The van der Waals surface area contributed by atoms with Crippen molar-refractivity contribution in [3.05, 3.63) is 81.1 Å². The fourth-order valence-corrected chi connectivity index (χ4v) is 6.93. The number of hydrogen-bond acceptors (Lipinski definition) is 9. The third-order valence-corrected chi connectivity index (χ3v) is 8.95. The third-order valence-electron chi connectivity index (χ3n) is 7.55. The molecule has 1 unspecified atom stereocenters. The predicted molar refractivity (Wildman–Crippen MR) is 139 cm³/mol. The highest BCUT2D eigenvalue weighted by Gasteiger charge is 2.36. The summed E-state index contributed by atoms with van der Waals surface area (Å²) in [6.45, 7) is 2.85. The van der Waals surface area contributed by atoms with E-state index >= 15 is 0 Å². The Morgan fingerprint density at radius 2 is 2.14 bits per heavy atom. The molecule has 4 N–H and O–H groups in total. The highest BCUT2D eigenvalue weighted by atomic mass is 32.2. The lowest BCUT2D eigenvalue weighted by molar-refractivity contribution is 0.100. The Hall–Kier alpha value is -2.54. The second kappa shape index (κ2) is 10.3. The second-order valence-corrected chi connectivity index (χ2v) is 12.1. The van der Waals surface area contributed by atoms with Crippen molar-refractivity contribution in [1.82, 2.24) is 15.3 Å². The summed E-state index contributed by atoms with van der Waals surface area (Å²) in [4.78, 5) is 22.7. The van der Waals surface area contributed by atoms with Crippen LogP contribution in [0.5, 0.6) is 0 Å². The van der Waals surface area contributed by atoms with Crippen LogP contribution < -0.4 is 10.5 Å². The van der Waals surface area contributed by atoms with Gasteiger partial charge in [0, 0.05) is 18.7 Å². The molecule has 0 saturated heterocycles. The molecule has 4 atom stereocenters. The van der Waals surface area contributed by atoms with Gasteiger partial charge >= 0.3 is 10.3 Å². The molecule has 1 fully saturated rings. The Morgan fingerprint density at radius 3 is 2.95 bits per heavy atom. The lowest BCUT2D eigenvalue weighted by Gasteiger charge is -2.37. The maximum Gasteiger partial charge on any atom is 0.333 e. The smallest absolute Gasteiger partial charge is 0.333 e. The van der Waals surface area contributed by atoms with Gasteiger partial charge in [-0.05, 0) is 66.7 Å². The molecular formula is C26H30N4O5S2. The van der Waals surface area contributed by atoms with Gasteiger partial charge in [0.2, 0.25) is 5.78 Å². The number of thiophene rings is 1. The van der Waals surface area contributed by atoms with Gasteiger partial charge in [-0.25, -0.2) is 15.1 Å². The van der Waals surface area contributed by atoms with Crippen LogP contribution in [0.25, 0.3) is 0 Å². The number of carbonyl (C=O) groups is 1. The summed E-state index contributed by atoms with van der Waals surface area (Å²) in [5.41, 5.74) is 4.26. The van der Waals surface area contributed by atoms with Crippen molar-refractivity contribution in [3.8, 4) is 0 Å². The molecule has 2 aliphatic rings. The van der Waals surface area contributed by atoms with E-state index in [1.807, 2.05) is 17.5 Å². The van der Waals surface area contributed by atoms with Gasteiger partial charge in [-0.3, -0.25) is 8.98 Å². The average molecular weight is 543 g/mol. The SMILES string of the molecule is CC1(c2csc(C(=O)c3cncnc3C[C@@H]3C[C@H](COS(N)(=O)=O)[C@@H](O)C3)c2)NCCc2ccccc21. The van der Waals surface area contributed by atoms with E-state index < -0.39 is 16.4 Å². The standard InChI is InChI=1S/C26H30N4O5S2/c1-26(21-5-3-2-4-17(21)6-7-30-26)19-11-24(36-14-19)25(32)20-12-28-15-29-22(20)9-16-8-18(23(31)10-16)13-35-37(27,33)34/h2-5,11-12,14-16,18,23,30-31H,6-10,13H2,1H3,(H2,27,33,34)/t16-,18+,23-,26?/m0/s1. The molecule has 11 heteroatoms. The Balaban J connectivity index is 1.34. The second-order valence-electron chi connectivity index (χ2n) is 10.0. The third kappa shape index (κ3) is 5.52. The maximum atomic E-state index is 13.6. The first kappa shape index (κ1) is 26.1. The van der Waals surface area contributed by atoms with Gasteiger partial charge in [-0.2, -0.15) is 8.42 Å². The molecule has 37 heavy (non-hydrogen) atoms. The van der Waals surface area contributed by atoms with E-state index in [0.29, 0.717) is 35.4 Å². The Kier molecular flexibility index (Phi) is 7.27. The fourth-order valence-electron chi connectivity index (χ4n) is 5.60. The van der Waals surface area contributed by atoms with E-state index in [-0.39, 0.29) is 29.8 Å². The van der Waals surface area contributed by atoms with Crippen LogP contribution in [0.15, 0.2) is 48.2 Å². The molecule has 0 radical (unpaired) electrons. The quantitative estimate of drug-likeness (QED) is 0.368. The van der Waals surface area contributed by atoms with E-state index in [2.05, 4.69) is 40.4 Å². The Labute approximate surface area is 220 Å². The minimum Gasteiger partial charge on any atom is -0.393 e. The Morgan fingerprint density at radius 1 is 1.32 bits per heavy atom. The molecule has 1 saturated carbocycles. The summed E-state index contributed by atoms with van der Waals surface area (Å²) in [5.74, 6) is -0.464. The first-order valence-electron chi connectivity index (χ1n) is 12.3. The minimum atomic E-state index is -4.07. The van der Waals surface area contributed by atoms with Crippen molar-refractivity contribution >= 4 is 27.4 Å². The molecule has 5 rings (SSSR count). The van der Waals surface area contributed by atoms with Gasteiger partial charge in [-0.1, -0.05) is 24.3 Å². The summed E-state index contributed by atoms with van der Waals surface area (Å²) in [5, 5.41) is 21.0. The monoisotopic (exact) mass is 542 g/mol. The number of nitrogens with two attached hydrogens (primary N) is 1. The highest BCUT2D eigenvalue weighted by molar-refractivity contribution is 7.84. The summed E-state index contributed by atoms with van der Waals surface area (Å²) in [6.07, 6.45) is 4.70. The van der Waals surface area contributed by atoms with Crippen molar-refractivity contribution in [2.24, 2.45) is 17.0 Å². The van der Waals surface area contributed by atoms with E-state index in [9.17, 15) is 18.3 Å². The Bertz CT molecular complexity index is 1410. The van der Waals surface area contributed by atoms with Crippen LogP contribution in [-0.4, -0.2) is 48.5 Å². The normalized spacial score (nSPS) is 25.6. The van der Waals surface area contributed by atoms with Crippen molar-refractivity contribution in [2.75, 3.05) is 13.2 Å². The van der Waals surface area contributed by atoms with Crippen LogP contribution in [0.3, 0.4) is 0 Å². The number of ketones is 1. The predicted octanol–water partition coefficient (Wildman–Crippen LogP) is 2.33. The maximum absolute atomic E-state index is 13.6. The fraction of sp³-hybridized carbons (Fsp3) is 0.423. The summed E-state index contributed by atoms with van der Waals surface area (Å²) >= 11 is 1.41. The van der Waals surface area contributed by atoms with Gasteiger partial charge in [0.1, 0.15) is 6.33 Å². The molecule has 1 aromatic carbocycles. The zero-order valence-corrected chi connectivity index (χ0v) is 22.1. The zero-order valence-electron chi connectivity index (χ0n) is 20.5. The minimum absolute atomic E-state index is 0.0197. The molecule has 0 spiro atoms. The van der Waals surface area contributed by atoms with Crippen molar-refractivity contribution in [2.45, 2.75) is 44.2 Å². The van der Waals surface area contributed by atoms with Crippen LogP contribution in [-0.2, 0) is 32.9 Å². The lowest BCUT2D eigenvalue weighted by atomic mass is 9.80. The summed E-state index contributed by atoms with van der Waals surface area (Å²) in [7, 11) is -4.07. The van der Waals surface area contributed by atoms with Crippen LogP contribution >= 0.6 is 11.3 Å².